The SMILES string of the molecule is Cn1nnnc1-c1ccc(COC(=O)C2CCC2)cc1. The van der Waals surface area contributed by atoms with E-state index in [0.717, 1.165) is 30.4 Å². The molecule has 1 fully saturated rings. The fourth-order valence-corrected chi connectivity index (χ4v) is 2.14. The zero-order valence-corrected chi connectivity index (χ0v) is 11.3. The Hall–Kier alpha value is -2.24. The van der Waals surface area contributed by atoms with Crippen LogP contribution in [0, 0.1) is 5.92 Å². The van der Waals surface area contributed by atoms with E-state index in [1.165, 1.54) is 0 Å². The number of aryl methyl sites for hydroxylation is 1. The highest BCUT2D eigenvalue weighted by atomic mass is 16.5. The van der Waals surface area contributed by atoms with Gasteiger partial charge in [-0.25, -0.2) is 4.68 Å². The summed E-state index contributed by atoms with van der Waals surface area (Å²) in [4.78, 5) is 11.6. The van der Waals surface area contributed by atoms with Crippen LogP contribution in [0.5, 0.6) is 0 Å². The Morgan fingerprint density at radius 3 is 2.65 bits per heavy atom. The molecule has 0 bridgehead atoms. The van der Waals surface area contributed by atoms with Crippen LogP contribution in [-0.4, -0.2) is 26.2 Å². The summed E-state index contributed by atoms with van der Waals surface area (Å²) in [6.45, 7) is 0.326. The smallest absolute Gasteiger partial charge is 0.309 e. The van der Waals surface area contributed by atoms with Crippen molar-refractivity contribution in [3.8, 4) is 11.4 Å². The van der Waals surface area contributed by atoms with Crippen LogP contribution in [0.2, 0.25) is 0 Å². The van der Waals surface area contributed by atoms with Crippen molar-refractivity contribution in [1.29, 1.82) is 0 Å². The lowest BCUT2D eigenvalue weighted by Crippen LogP contribution is -2.23. The largest absolute Gasteiger partial charge is 0.461 e. The normalized spacial score (nSPS) is 14.8. The van der Waals surface area contributed by atoms with Gasteiger partial charge in [-0.05, 0) is 28.8 Å². The first-order valence-corrected chi connectivity index (χ1v) is 6.72. The van der Waals surface area contributed by atoms with E-state index in [4.69, 9.17) is 4.74 Å². The lowest BCUT2D eigenvalue weighted by atomic mass is 9.86. The van der Waals surface area contributed by atoms with E-state index in [1.807, 2.05) is 24.3 Å². The molecule has 0 N–H and O–H groups in total. The highest BCUT2D eigenvalue weighted by Crippen LogP contribution is 2.27. The third-order valence-electron chi connectivity index (χ3n) is 3.65. The van der Waals surface area contributed by atoms with E-state index in [0.29, 0.717) is 12.4 Å². The van der Waals surface area contributed by atoms with Crippen LogP contribution < -0.4 is 0 Å². The average molecular weight is 272 g/mol. The van der Waals surface area contributed by atoms with E-state index in [9.17, 15) is 4.79 Å². The predicted molar refractivity (Wildman–Crippen MR) is 71.4 cm³/mol. The zero-order valence-electron chi connectivity index (χ0n) is 11.3. The molecule has 0 saturated heterocycles. The van der Waals surface area contributed by atoms with Crippen molar-refractivity contribution in [2.75, 3.05) is 0 Å². The van der Waals surface area contributed by atoms with Gasteiger partial charge in [-0.2, -0.15) is 0 Å². The highest BCUT2D eigenvalue weighted by Gasteiger charge is 2.26. The summed E-state index contributed by atoms with van der Waals surface area (Å²) in [5, 5.41) is 11.4. The summed E-state index contributed by atoms with van der Waals surface area (Å²) in [6, 6.07) is 7.71. The van der Waals surface area contributed by atoms with Crippen LogP contribution in [0.3, 0.4) is 0 Å². The van der Waals surface area contributed by atoms with Crippen LogP contribution in [0.25, 0.3) is 11.4 Å². The molecule has 6 heteroatoms. The van der Waals surface area contributed by atoms with Crippen molar-refractivity contribution < 1.29 is 9.53 Å². The van der Waals surface area contributed by atoms with Gasteiger partial charge in [0.1, 0.15) is 6.61 Å². The molecule has 1 aromatic heterocycles. The molecule has 0 amide bonds. The van der Waals surface area contributed by atoms with Crippen molar-refractivity contribution in [3.05, 3.63) is 29.8 Å². The molecule has 20 heavy (non-hydrogen) atoms. The molecule has 3 rings (SSSR count). The number of nitrogens with zero attached hydrogens (tertiary/aromatic N) is 4. The Balaban J connectivity index is 1.61. The highest BCUT2D eigenvalue weighted by molar-refractivity contribution is 5.73. The molecular weight excluding hydrogens is 256 g/mol. The van der Waals surface area contributed by atoms with Crippen LogP contribution in [-0.2, 0) is 23.2 Å². The van der Waals surface area contributed by atoms with Crippen molar-refractivity contribution >= 4 is 5.97 Å². The van der Waals surface area contributed by atoms with Gasteiger partial charge in [0.15, 0.2) is 5.82 Å². The molecular formula is C14H16N4O2. The molecule has 0 aliphatic heterocycles. The molecule has 1 aliphatic carbocycles. The van der Waals surface area contributed by atoms with Gasteiger partial charge in [0, 0.05) is 12.6 Å². The topological polar surface area (TPSA) is 69.9 Å². The maximum absolute atomic E-state index is 11.6. The van der Waals surface area contributed by atoms with Gasteiger partial charge in [0.2, 0.25) is 0 Å². The summed E-state index contributed by atoms with van der Waals surface area (Å²) in [7, 11) is 1.80. The Morgan fingerprint density at radius 2 is 2.10 bits per heavy atom. The van der Waals surface area contributed by atoms with Gasteiger partial charge in [0.25, 0.3) is 0 Å². The van der Waals surface area contributed by atoms with E-state index in [1.54, 1.807) is 11.7 Å². The lowest BCUT2D eigenvalue weighted by Gasteiger charge is -2.23. The van der Waals surface area contributed by atoms with Crippen molar-refractivity contribution in [2.24, 2.45) is 13.0 Å². The second kappa shape index (κ2) is 5.40. The summed E-state index contributed by atoms with van der Waals surface area (Å²) >= 11 is 0. The Kier molecular flexibility index (Phi) is 3.45. The number of tetrazole rings is 1. The monoisotopic (exact) mass is 272 g/mol. The number of carbonyl (C=O) groups is 1. The number of ether oxygens (including phenoxy) is 1. The van der Waals surface area contributed by atoms with Gasteiger partial charge in [-0.3, -0.25) is 4.79 Å². The van der Waals surface area contributed by atoms with Crippen molar-refractivity contribution in [1.82, 2.24) is 20.2 Å². The molecule has 0 radical (unpaired) electrons. The molecule has 1 aromatic carbocycles. The Bertz CT molecular complexity index is 602. The fourth-order valence-electron chi connectivity index (χ4n) is 2.14. The van der Waals surface area contributed by atoms with Gasteiger partial charge < -0.3 is 4.74 Å². The molecule has 0 atom stereocenters. The third-order valence-corrected chi connectivity index (χ3v) is 3.65. The first kappa shape index (κ1) is 12.8. The van der Waals surface area contributed by atoms with E-state index >= 15 is 0 Å². The summed E-state index contributed by atoms with van der Waals surface area (Å²) < 4.78 is 6.92. The molecule has 1 aliphatic rings. The second-order valence-corrected chi connectivity index (χ2v) is 5.06. The maximum Gasteiger partial charge on any atom is 0.309 e. The van der Waals surface area contributed by atoms with Gasteiger partial charge in [-0.1, -0.05) is 30.7 Å². The van der Waals surface area contributed by atoms with Crippen LogP contribution in [0.1, 0.15) is 24.8 Å². The standard InChI is InChI=1S/C14H16N4O2/c1-18-13(15-16-17-18)11-7-5-10(6-8-11)9-20-14(19)12-3-2-4-12/h5-8,12H,2-4,9H2,1H3. The van der Waals surface area contributed by atoms with E-state index < -0.39 is 0 Å². The molecule has 0 unspecified atom stereocenters. The van der Waals surface area contributed by atoms with Crippen LogP contribution in [0.15, 0.2) is 24.3 Å². The van der Waals surface area contributed by atoms with Gasteiger partial charge in [-0.15, -0.1) is 5.10 Å². The first-order chi connectivity index (χ1) is 9.74. The number of hydrogen-bond donors (Lipinski definition) is 0. The number of rotatable bonds is 4. The third kappa shape index (κ3) is 2.54. The number of esters is 1. The number of aromatic nitrogens is 4. The lowest BCUT2D eigenvalue weighted by molar-refractivity contribution is -0.152. The number of hydrogen-bond acceptors (Lipinski definition) is 5. The average Bonchev–Trinajstić information content (AvgIpc) is 2.81. The molecule has 1 heterocycles. The van der Waals surface area contributed by atoms with Gasteiger partial charge in [0.05, 0.1) is 5.92 Å². The van der Waals surface area contributed by atoms with E-state index in [-0.39, 0.29) is 11.9 Å². The quantitative estimate of drug-likeness (QED) is 0.793. The summed E-state index contributed by atoms with van der Waals surface area (Å²) in [6.07, 6.45) is 3.08. The molecule has 1 saturated carbocycles. The molecule has 0 spiro atoms. The second-order valence-electron chi connectivity index (χ2n) is 5.06. The fraction of sp³-hybridized carbons (Fsp3) is 0.429. The minimum Gasteiger partial charge on any atom is -0.461 e. The molecule has 6 nitrogen and oxygen atoms in total. The number of benzene rings is 1. The van der Waals surface area contributed by atoms with Gasteiger partial charge >= 0.3 is 5.97 Å². The van der Waals surface area contributed by atoms with Crippen molar-refractivity contribution in [2.45, 2.75) is 25.9 Å². The molecule has 2 aromatic rings. The van der Waals surface area contributed by atoms with E-state index in [2.05, 4.69) is 15.5 Å². The zero-order chi connectivity index (χ0) is 13.9. The molecule has 104 valence electrons. The van der Waals surface area contributed by atoms with Crippen molar-refractivity contribution in [3.63, 3.8) is 0 Å². The predicted octanol–water partition coefficient (Wildman–Crippen LogP) is 1.72. The Labute approximate surface area is 116 Å². The number of carbonyl (C=O) groups excluding carboxylic acids is 1. The minimum atomic E-state index is -0.0715. The van der Waals surface area contributed by atoms with Crippen LogP contribution >= 0.6 is 0 Å². The Morgan fingerprint density at radius 1 is 1.35 bits per heavy atom. The summed E-state index contributed by atoms with van der Waals surface area (Å²) in [5.74, 6) is 0.764. The first-order valence-electron chi connectivity index (χ1n) is 6.72. The maximum atomic E-state index is 11.6. The van der Waals surface area contributed by atoms with Crippen LogP contribution in [0.4, 0.5) is 0 Å². The minimum absolute atomic E-state index is 0.0715. The summed E-state index contributed by atoms with van der Waals surface area (Å²) in [5.41, 5.74) is 1.91.